The monoisotopic (exact) mass is 439 g/mol. The molecular weight excluding hydrogens is 422 g/mol. The number of nitro groups is 1. The minimum atomic E-state index is -0.575. The summed E-state index contributed by atoms with van der Waals surface area (Å²) in [6.45, 7) is 0.0138. The minimum Gasteiger partial charge on any atom is -0.489 e. The van der Waals surface area contributed by atoms with Gasteiger partial charge in [0.15, 0.2) is 12.4 Å². The van der Waals surface area contributed by atoms with E-state index in [0.717, 1.165) is 11.1 Å². The standard InChI is InChI=1S/C22H18ClN3O5/c23-18-9-5-17(6-10-18)14-30-19-11-7-16(8-12-19)13-24-25-22(27)15-31-21-4-2-1-3-20(21)26(28)29/h1-13H,14-15H2,(H,25,27)/b24-13-. The predicted octanol–water partition coefficient (Wildman–Crippen LogP) is 4.36. The highest BCUT2D eigenvalue weighted by Crippen LogP contribution is 2.25. The number of hydrogen-bond donors (Lipinski definition) is 1. The van der Waals surface area contributed by atoms with E-state index in [2.05, 4.69) is 10.5 Å². The zero-order chi connectivity index (χ0) is 22.1. The van der Waals surface area contributed by atoms with Crippen molar-refractivity contribution in [3.63, 3.8) is 0 Å². The Morgan fingerprint density at radius 1 is 1.03 bits per heavy atom. The van der Waals surface area contributed by atoms with Gasteiger partial charge in [-0.25, -0.2) is 5.43 Å². The molecule has 0 bridgehead atoms. The average Bonchev–Trinajstić information content (AvgIpc) is 2.78. The number of amides is 1. The zero-order valence-corrected chi connectivity index (χ0v) is 17.0. The maximum absolute atomic E-state index is 11.8. The maximum Gasteiger partial charge on any atom is 0.310 e. The highest BCUT2D eigenvalue weighted by Gasteiger charge is 2.14. The predicted molar refractivity (Wildman–Crippen MR) is 117 cm³/mol. The summed E-state index contributed by atoms with van der Waals surface area (Å²) < 4.78 is 10.9. The molecule has 8 nitrogen and oxygen atoms in total. The summed E-state index contributed by atoms with van der Waals surface area (Å²) >= 11 is 5.86. The lowest BCUT2D eigenvalue weighted by Crippen LogP contribution is -2.24. The molecule has 31 heavy (non-hydrogen) atoms. The molecule has 0 fully saturated rings. The summed E-state index contributed by atoms with van der Waals surface area (Å²) in [7, 11) is 0. The van der Waals surface area contributed by atoms with E-state index in [-0.39, 0.29) is 11.4 Å². The largest absolute Gasteiger partial charge is 0.489 e. The van der Waals surface area contributed by atoms with Crippen molar-refractivity contribution < 1.29 is 19.2 Å². The van der Waals surface area contributed by atoms with Gasteiger partial charge in [0.1, 0.15) is 12.4 Å². The zero-order valence-electron chi connectivity index (χ0n) is 16.2. The lowest BCUT2D eigenvalue weighted by Gasteiger charge is -2.07. The summed E-state index contributed by atoms with van der Waals surface area (Å²) in [5.41, 5.74) is 3.85. The van der Waals surface area contributed by atoms with E-state index in [0.29, 0.717) is 17.4 Å². The second-order valence-electron chi connectivity index (χ2n) is 6.29. The first-order chi connectivity index (χ1) is 15.0. The van der Waals surface area contributed by atoms with Crippen LogP contribution in [-0.4, -0.2) is 23.7 Å². The van der Waals surface area contributed by atoms with Crippen LogP contribution in [0.25, 0.3) is 0 Å². The number of halogens is 1. The van der Waals surface area contributed by atoms with Crippen molar-refractivity contribution in [2.45, 2.75) is 6.61 Å². The van der Waals surface area contributed by atoms with Crippen molar-refractivity contribution >= 4 is 29.4 Å². The minimum absolute atomic E-state index is 0.0146. The van der Waals surface area contributed by atoms with E-state index in [1.165, 1.54) is 24.4 Å². The van der Waals surface area contributed by atoms with Crippen LogP contribution in [0.5, 0.6) is 11.5 Å². The van der Waals surface area contributed by atoms with E-state index < -0.39 is 17.4 Å². The molecule has 3 aromatic rings. The second-order valence-corrected chi connectivity index (χ2v) is 6.73. The molecule has 0 aromatic heterocycles. The number of carbonyl (C=O) groups is 1. The van der Waals surface area contributed by atoms with Crippen LogP contribution in [0.15, 0.2) is 77.9 Å². The number of benzene rings is 3. The first kappa shape index (κ1) is 21.8. The van der Waals surface area contributed by atoms with Crippen molar-refractivity contribution in [3.05, 3.63) is 99.1 Å². The molecule has 0 aliphatic carbocycles. The highest BCUT2D eigenvalue weighted by molar-refractivity contribution is 6.30. The fraction of sp³-hybridized carbons (Fsp3) is 0.0909. The third-order valence-corrected chi connectivity index (χ3v) is 4.27. The highest BCUT2D eigenvalue weighted by atomic mass is 35.5. The second kappa shape index (κ2) is 10.7. The number of hydrazone groups is 1. The Morgan fingerprint density at radius 2 is 1.74 bits per heavy atom. The molecule has 9 heteroatoms. The normalized spacial score (nSPS) is 10.6. The van der Waals surface area contributed by atoms with Crippen molar-refractivity contribution in [2.24, 2.45) is 5.10 Å². The van der Waals surface area contributed by atoms with Gasteiger partial charge in [-0.15, -0.1) is 0 Å². The topological polar surface area (TPSA) is 103 Å². The fourth-order valence-corrected chi connectivity index (χ4v) is 2.61. The van der Waals surface area contributed by atoms with Gasteiger partial charge in [0, 0.05) is 11.1 Å². The number of rotatable bonds is 9. The van der Waals surface area contributed by atoms with Gasteiger partial charge in [0.2, 0.25) is 0 Å². The summed E-state index contributed by atoms with van der Waals surface area (Å²) in [5, 5.41) is 15.5. The molecule has 0 atom stereocenters. The van der Waals surface area contributed by atoms with Crippen LogP contribution in [0.2, 0.25) is 5.02 Å². The smallest absolute Gasteiger partial charge is 0.310 e. The van der Waals surface area contributed by atoms with Gasteiger partial charge in [0.05, 0.1) is 11.1 Å². The van der Waals surface area contributed by atoms with Crippen LogP contribution < -0.4 is 14.9 Å². The Bertz CT molecular complexity index is 1070. The average molecular weight is 440 g/mol. The van der Waals surface area contributed by atoms with Gasteiger partial charge < -0.3 is 9.47 Å². The van der Waals surface area contributed by atoms with Crippen LogP contribution >= 0.6 is 11.6 Å². The lowest BCUT2D eigenvalue weighted by atomic mass is 10.2. The van der Waals surface area contributed by atoms with Crippen molar-refractivity contribution in [1.29, 1.82) is 0 Å². The van der Waals surface area contributed by atoms with Crippen LogP contribution in [0.3, 0.4) is 0 Å². The number of nitrogens with zero attached hydrogens (tertiary/aromatic N) is 2. The molecule has 0 aliphatic heterocycles. The maximum atomic E-state index is 11.8. The van der Waals surface area contributed by atoms with Gasteiger partial charge in [-0.1, -0.05) is 35.9 Å². The number of nitro benzene ring substituents is 1. The van der Waals surface area contributed by atoms with Crippen LogP contribution in [0.4, 0.5) is 5.69 Å². The molecule has 0 spiro atoms. The summed E-state index contributed by atoms with van der Waals surface area (Å²) in [5.74, 6) is 0.159. The quantitative estimate of drug-likeness (QED) is 0.303. The Kier molecular flexibility index (Phi) is 7.56. The summed E-state index contributed by atoms with van der Waals surface area (Å²) in [6, 6.07) is 20.4. The molecule has 0 heterocycles. The molecule has 3 rings (SSSR count). The first-order valence-electron chi connectivity index (χ1n) is 9.17. The molecule has 0 radical (unpaired) electrons. The van der Waals surface area contributed by atoms with E-state index in [1.807, 2.05) is 12.1 Å². The third kappa shape index (κ3) is 6.83. The van der Waals surface area contributed by atoms with Gasteiger partial charge in [-0.2, -0.15) is 5.10 Å². The van der Waals surface area contributed by atoms with Crippen LogP contribution in [0.1, 0.15) is 11.1 Å². The lowest BCUT2D eigenvalue weighted by molar-refractivity contribution is -0.385. The molecule has 1 amide bonds. The number of nitrogens with one attached hydrogen (secondary N) is 1. The molecule has 0 aliphatic rings. The number of ether oxygens (including phenoxy) is 2. The van der Waals surface area contributed by atoms with Crippen molar-refractivity contribution in [2.75, 3.05) is 6.61 Å². The van der Waals surface area contributed by atoms with E-state index in [1.54, 1.807) is 42.5 Å². The summed E-state index contributed by atoms with van der Waals surface area (Å²) in [4.78, 5) is 22.2. The van der Waals surface area contributed by atoms with E-state index in [9.17, 15) is 14.9 Å². The molecule has 0 saturated carbocycles. The molecule has 0 saturated heterocycles. The molecule has 158 valence electrons. The first-order valence-corrected chi connectivity index (χ1v) is 9.54. The Morgan fingerprint density at radius 3 is 2.45 bits per heavy atom. The Balaban J connectivity index is 1.44. The van der Waals surface area contributed by atoms with Crippen molar-refractivity contribution in [3.8, 4) is 11.5 Å². The van der Waals surface area contributed by atoms with Crippen LogP contribution in [-0.2, 0) is 11.4 Å². The summed E-state index contributed by atoms with van der Waals surface area (Å²) in [6.07, 6.45) is 1.46. The molecule has 1 N–H and O–H groups in total. The van der Waals surface area contributed by atoms with Crippen LogP contribution in [0, 0.1) is 10.1 Å². The number of para-hydroxylation sites is 2. The van der Waals surface area contributed by atoms with Gasteiger partial charge in [-0.05, 0) is 53.6 Å². The van der Waals surface area contributed by atoms with E-state index in [4.69, 9.17) is 21.1 Å². The van der Waals surface area contributed by atoms with Crippen molar-refractivity contribution in [1.82, 2.24) is 5.43 Å². The number of carbonyl (C=O) groups excluding carboxylic acids is 1. The molecule has 3 aromatic carbocycles. The fourth-order valence-electron chi connectivity index (χ4n) is 2.48. The van der Waals surface area contributed by atoms with Gasteiger partial charge in [0.25, 0.3) is 5.91 Å². The third-order valence-electron chi connectivity index (χ3n) is 4.02. The Hall–Kier alpha value is -3.91. The van der Waals surface area contributed by atoms with Gasteiger partial charge in [-0.3, -0.25) is 14.9 Å². The molecule has 0 unspecified atom stereocenters. The van der Waals surface area contributed by atoms with E-state index >= 15 is 0 Å². The molecular formula is C22H18ClN3O5. The van der Waals surface area contributed by atoms with Gasteiger partial charge >= 0.3 is 5.69 Å². The Labute approximate surface area is 183 Å². The number of hydrogen-bond acceptors (Lipinski definition) is 6. The SMILES string of the molecule is O=C(COc1ccccc1[N+](=O)[O-])N/N=C\c1ccc(OCc2ccc(Cl)cc2)cc1.